The molecule has 0 atom stereocenters. The van der Waals surface area contributed by atoms with Crippen LogP contribution in [-0.4, -0.2) is 42.6 Å². The molecule has 0 radical (unpaired) electrons. The Kier molecular flexibility index (Phi) is 6.45. The minimum Gasteiger partial charge on any atom is -0.403 e. The van der Waals surface area contributed by atoms with Crippen molar-refractivity contribution in [2.24, 2.45) is 0 Å². The Balaban J connectivity index is 1.72. The number of ether oxygens (including phenoxy) is 1. The maximum atomic E-state index is 13.0. The summed E-state index contributed by atoms with van der Waals surface area (Å²) in [4.78, 5) is 4.51. The Bertz CT molecular complexity index is 1220. The van der Waals surface area contributed by atoms with E-state index in [0.29, 0.717) is 24.5 Å². The van der Waals surface area contributed by atoms with Crippen molar-refractivity contribution in [3.05, 3.63) is 78.1 Å². The minimum absolute atomic E-state index is 0.0452. The van der Waals surface area contributed by atoms with Crippen molar-refractivity contribution in [1.29, 1.82) is 0 Å². The van der Waals surface area contributed by atoms with E-state index < -0.39 is 6.36 Å². The molecule has 2 aromatic carbocycles. The van der Waals surface area contributed by atoms with Gasteiger partial charge in [0.05, 0.1) is 5.69 Å². The maximum absolute atomic E-state index is 13.0. The molecule has 0 fully saturated rings. The third kappa shape index (κ3) is 5.40. The molecule has 2 heterocycles. The third-order valence-electron chi connectivity index (χ3n) is 4.93. The van der Waals surface area contributed by atoms with Crippen LogP contribution < -0.4 is 4.74 Å². The van der Waals surface area contributed by atoms with Gasteiger partial charge < -0.3 is 9.84 Å². The van der Waals surface area contributed by atoms with E-state index in [0.717, 1.165) is 16.8 Å². The molecule has 0 saturated carbocycles. The number of hydrogen-bond donors (Lipinski definition) is 1. The summed E-state index contributed by atoms with van der Waals surface area (Å²) >= 11 is 0. The summed E-state index contributed by atoms with van der Waals surface area (Å²) in [6.45, 7) is 2.03. The summed E-state index contributed by atoms with van der Waals surface area (Å²) in [5, 5.41) is 18.1. The van der Waals surface area contributed by atoms with Crippen molar-refractivity contribution in [3.8, 4) is 22.6 Å². The first-order valence-corrected chi connectivity index (χ1v) is 10.3. The highest BCUT2D eigenvalue weighted by Gasteiger charge is 2.32. The standard InChI is InChI=1S/C23H22F3N5O2/c1-16-18(17-8-3-2-4-9-17)14-30(28-16)15-22-27-21(12-7-13-32)29-31(22)19-10-5-6-11-20(19)33-23(24,25)26/h2-6,8-11,14,32H,7,12-13,15H2,1H3. The average Bonchev–Trinajstić information content (AvgIpc) is 3.35. The minimum atomic E-state index is -4.85. The number of aliphatic hydroxyl groups is 1. The second-order valence-electron chi connectivity index (χ2n) is 7.39. The van der Waals surface area contributed by atoms with Gasteiger partial charge in [0.15, 0.2) is 17.4 Å². The van der Waals surface area contributed by atoms with Crippen molar-refractivity contribution >= 4 is 0 Å². The van der Waals surface area contributed by atoms with Crippen molar-refractivity contribution in [2.45, 2.75) is 32.7 Å². The van der Waals surface area contributed by atoms with Crippen molar-refractivity contribution in [1.82, 2.24) is 24.5 Å². The van der Waals surface area contributed by atoms with Crippen LogP contribution >= 0.6 is 0 Å². The Hall–Kier alpha value is -3.66. The van der Waals surface area contributed by atoms with E-state index in [1.807, 2.05) is 43.5 Å². The summed E-state index contributed by atoms with van der Waals surface area (Å²) in [6, 6.07) is 15.5. The second-order valence-corrected chi connectivity index (χ2v) is 7.39. The molecular formula is C23H22F3N5O2. The van der Waals surface area contributed by atoms with E-state index in [1.54, 1.807) is 10.7 Å². The number of aryl methyl sites for hydroxylation is 2. The number of aliphatic hydroxyl groups excluding tert-OH is 1. The fraction of sp³-hybridized carbons (Fsp3) is 0.261. The summed E-state index contributed by atoms with van der Waals surface area (Å²) in [7, 11) is 0. The number of alkyl halides is 3. The van der Waals surface area contributed by atoms with Crippen LogP contribution in [0.4, 0.5) is 13.2 Å². The first-order valence-electron chi connectivity index (χ1n) is 10.3. The van der Waals surface area contributed by atoms with Crippen LogP contribution in [0, 0.1) is 6.92 Å². The van der Waals surface area contributed by atoms with E-state index >= 15 is 0 Å². The van der Waals surface area contributed by atoms with E-state index in [2.05, 4.69) is 19.9 Å². The molecule has 4 aromatic rings. The lowest BCUT2D eigenvalue weighted by Crippen LogP contribution is -2.19. The van der Waals surface area contributed by atoms with Gasteiger partial charge in [-0.2, -0.15) is 10.2 Å². The molecule has 7 nitrogen and oxygen atoms in total. The van der Waals surface area contributed by atoms with Crippen molar-refractivity contribution < 1.29 is 23.0 Å². The normalized spacial score (nSPS) is 11.7. The molecule has 1 N–H and O–H groups in total. The van der Waals surface area contributed by atoms with Gasteiger partial charge in [0.25, 0.3) is 0 Å². The number of nitrogens with zero attached hydrogens (tertiary/aromatic N) is 5. The number of rotatable bonds is 8. The Labute approximate surface area is 188 Å². The quantitative estimate of drug-likeness (QED) is 0.427. The lowest BCUT2D eigenvalue weighted by Gasteiger charge is -2.14. The molecule has 0 aliphatic rings. The van der Waals surface area contributed by atoms with Crippen LogP contribution in [0.25, 0.3) is 16.8 Å². The van der Waals surface area contributed by atoms with Crippen molar-refractivity contribution in [2.75, 3.05) is 6.61 Å². The van der Waals surface area contributed by atoms with Gasteiger partial charge in [0, 0.05) is 24.8 Å². The average molecular weight is 457 g/mol. The van der Waals surface area contributed by atoms with Crippen LogP contribution in [-0.2, 0) is 13.0 Å². The highest BCUT2D eigenvalue weighted by molar-refractivity contribution is 5.64. The Morgan fingerprint density at radius 3 is 2.45 bits per heavy atom. The molecule has 0 aliphatic carbocycles. The maximum Gasteiger partial charge on any atom is 0.573 e. The third-order valence-corrected chi connectivity index (χ3v) is 4.93. The second kappa shape index (κ2) is 9.45. The molecule has 0 spiro atoms. The Morgan fingerprint density at radius 1 is 1.00 bits per heavy atom. The molecular weight excluding hydrogens is 435 g/mol. The van der Waals surface area contributed by atoms with Crippen LogP contribution in [0.1, 0.15) is 23.8 Å². The zero-order valence-electron chi connectivity index (χ0n) is 17.8. The van der Waals surface area contributed by atoms with E-state index in [9.17, 15) is 13.2 Å². The predicted molar refractivity (Wildman–Crippen MR) is 115 cm³/mol. The highest BCUT2D eigenvalue weighted by atomic mass is 19.4. The van der Waals surface area contributed by atoms with Crippen molar-refractivity contribution in [3.63, 3.8) is 0 Å². The van der Waals surface area contributed by atoms with Gasteiger partial charge in [-0.15, -0.1) is 13.2 Å². The number of para-hydroxylation sites is 2. The van der Waals surface area contributed by atoms with Gasteiger partial charge in [-0.25, -0.2) is 9.67 Å². The molecule has 0 saturated heterocycles. The molecule has 10 heteroatoms. The molecule has 2 aromatic heterocycles. The number of aromatic nitrogens is 5. The van der Waals surface area contributed by atoms with E-state index in [-0.39, 0.29) is 24.6 Å². The lowest BCUT2D eigenvalue weighted by molar-refractivity contribution is -0.274. The molecule has 4 rings (SSSR count). The lowest BCUT2D eigenvalue weighted by atomic mass is 10.1. The number of hydrogen-bond acceptors (Lipinski definition) is 5. The first-order chi connectivity index (χ1) is 15.8. The smallest absolute Gasteiger partial charge is 0.403 e. The number of benzene rings is 2. The summed E-state index contributed by atoms with van der Waals surface area (Å²) in [6.07, 6.45) is -2.16. The number of halogens is 3. The van der Waals surface area contributed by atoms with E-state index in [1.165, 1.54) is 22.9 Å². The van der Waals surface area contributed by atoms with Gasteiger partial charge >= 0.3 is 6.36 Å². The zero-order chi connectivity index (χ0) is 23.4. The van der Waals surface area contributed by atoms with Gasteiger partial charge in [0.2, 0.25) is 0 Å². The van der Waals surface area contributed by atoms with Gasteiger partial charge in [-0.3, -0.25) is 4.68 Å². The topological polar surface area (TPSA) is 78.0 Å². The van der Waals surface area contributed by atoms with Gasteiger partial charge in [-0.05, 0) is 31.0 Å². The molecule has 172 valence electrons. The predicted octanol–water partition coefficient (Wildman–Crippen LogP) is 4.31. The Morgan fingerprint density at radius 2 is 1.73 bits per heavy atom. The molecule has 0 unspecified atom stereocenters. The molecule has 0 aliphatic heterocycles. The summed E-state index contributed by atoms with van der Waals surface area (Å²) in [5.41, 5.74) is 2.88. The van der Waals surface area contributed by atoms with Crippen LogP contribution in [0.5, 0.6) is 5.75 Å². The SMILES string of the molecule is Cc1nn(Cc2nc(CCCO)nn2-c2ccccc2OC(F)(F)F)cc1-c1ccccc1. The van der Waals surface area contributed by atoms with Gasteiger partial charge in [-0.1, -0.05) is 42.5 Å². The molecule has 0 bridgehead atoms. The molecule has 0 amide bonds. The fourth-order valence-corrected chi connectivity index (χ4v) is 3.52. The highest BCUT2D eigenvalue weighted by Crippen LogP contribution is 2.30. The summed E-state index contributed by atoms with van der Waals surface area (Å²) < 4.78 is 46.1. The summed E-state index contributed by atoms with van der Waals surface area (Å²) in [5.74, 6) is 0.419. The largest absolute Gasteiger partial charge is 0.573 e. The van der Waals surface area contributed by atoms with E-state index in [4.69, 9.17) is 5.11 Å². The van der Waals surface area contributed by atoms with Gasteiger partial charge in [0.1, 0.15) is 12.2 Å². The monoisotopic (exact) mass is 457 g/mol. The van der Waals surface area contributed by atoms with Crippen LogP contribution in [0.2, 0.25) is 0 Å². The fourth-order valence-electron chi connectivity index (χ4n) is 3.52. The van der Waals surface area contributed by atoms with Crippen LogP contribution in [0.3, 0.4) is 0 Å². The molecule has 33 heavy (non-hydrogen) atoms. The first kappa shape index (κ1) is 22.5. The van der Waals surface area contributed by atoms with Crippen LogP contribution in [0.15, 0.2) is 60.8 Å². The zero-order valence-corrected chi connectivity index (χ0v) is 17.8.